The fourth-order valence-electron chi connectivity index (χ4n) is 2.92. The molecule has 1 fully saturated rings. The smallest absolute Gasteiger partial charge is 0.127 e. The highest BCUT2D eigenvalue weighted by Gasteiger charge is 2.28. The van der Waals surface area contributed by atoms with Crippen LogP contribution in [0.1, 0.15) is 51.1 Å². The number of likely N-dealkylation sites (tertiary alicyclic amines) is 1. The second-order valence-electron chi connectivity index (χ2n) is 6.42. The number of halogens is 1. The van der Waals surface area contributed by atoms with E-state index >= 15 is 0 Å². The standard InChI is InChI=1S/C17H27FN2/c1-3-17(2)9-12-20(13-10-17)11-8-16(19)14-6-4-5-7-15(14)18/h4-7,16H,3,8-13,19H2,1-2H3. The van der Waals surface area contributed by atoms with Gasteiger partial charge in [0.2, 0.25) is 0 Å². The van der Waals surface area contributed by atoms with Crippen molar-refractivity contribution in [3.05, 3.63) is 35.6 Å². The second kappa shape index (κ2) is 6.68. The van der Waals surface area contributed by atoms with Crippen molar-refractivity contribution in [3.63, 3.8) is 0 Å². The predicted molar refractivity (Wildman–Crippen MR) is 82.0 cm³/mol. The molecule has 1 heterocycles. The van der Waals surface area contributed by atoms with Crippen LogP contribution in [0.3, 0.4) is 0 Å². The number of nitrogens with two attached hydrogens (primary N) is 1. The second-order valence-corrected chi connectivity index (χ2v) is 6.42. The first-order chi connectivity index (χ1) is 9.54. The molecule has 1 unspecified atom stereocenters. The predicted octanol–water partition coefficient (Wildman–Crippen LogP) is 3.73. The highest BCUT2D eigenvalue weighted by atomic mass is 19.1. The minimum absolute atomic E-state index is 0.183. The van der Waals surface area contributed by atoms with Crippen molar-refractivity contribution in [1.29, 1.82) is 0 Å². The summed E-state index contributed by atoms with van der Waals surface area (Å²) in [7, 11) is 0. The van der Waals surface area contributed by atoms with Crippen molar-refractivity contribution in [3.8, 4) is 0 Å². The molecule has 0 saturated carbocycles. The van der Waals surface area contributed by atoms with Gasteiger partial charge >= 0.3 is 0 Å². The van der Waals surface area contributed by atoms with Gasteiger partial charge in [-0.25, -0.2) is 4.39 Å². The average molecular weight is 278 g/mol. The molecule has 3 heteroatoms. The number of rotatable bonds is 5. The zero-order valence-electron chi connectivity index (χ0n) is 12.7. The van der Waals surface area contributed by atoms with Gasteiger partial charge in [-0.2, -0.15) is 0 Å². The van der Waals surface area contributed by atoms with Gasteiger partial charge in [0.25, 0.3) is 0 Å². The van der Waals surface area contributed by atoms with Crippen LogP contribution in [0.25, 0.3) is 0 Å². The number of hydrogen-bond donors (Lipinski definition) is 1. The minimum Gasteiger partial charge on any atom is -0.324 e. The quantitative estimate of drug-likeness (QED) is 0.889. The van der Waals surface area contributed by atoms with E-state index in [1.54, 1.807) is 12.1 Å². The van der Waals surface area contributed by atoms with Crippen LogP contribution in [0.4, 0.5) is 4.39 Å². The third-order valence-electron chi connectivity index (χ3n) is 4.98. The first kappa shape index (κ1) is 15.5. The van der Waals surface area contributed by atoms with Crippen LogP contribution in [0, 0.1) is 11.2 Å². The fraction of sp³-hybridized carbons (Fsp3) is 0.647. The van der Waals surface area contributed by atoms with Crippen molar-refractivity contribution in [1.82, 2.24) is 4.90 Å². The molecule has 0 radical (unpaired) electrons. The lowest BCUT2D eigenvalue weighted by atomic mass is 9.78. The molecule has 0 aromatic heterocycles. The lowest BCUT2D eigenvalue weighted by Crippen LogP contribution is -2.39. The number of nitrogens with zero attached hydrogens (tertiary/aromatic N) is 1. The molecular weight excluding hydrogens is 251 g/mol. The van der Waals surface area contributed by atoms with Crippen molar-refractivity contribution in [2.24, 2.45) is 11.1 Å². The van der Waals surface area contributed by atoms with Crippen LogP contribution in [0.15, 0.2) is 24.3 Å². The molecule has 1 aliphatic rings. The third kappa shape index (κ3) is 3.80. The zero-order valence-corrected chi connectivity index (χ0v) is 12.7. The summed E-state index contributed by atoms with van der Waals surface area (Å²) < 4.78 is 13.7. The summed E-state index contributed by atoms with van der Waals surface area (Å²) in [6.07, 6.45) is 4.61. The summed E-state index contributed by atoms with van der Waals surface area (Å²) in [5.74, 6) is -0.183. The molecule has 0 bridgehead atoms. The lowest BCUT2D eigenvalue weighted by molar-refractivity contribution is 0.112. The van der Waals surface area contributed by atoms with Gasteiger partial charge in [0, 0.05) is 11.6 Å². The van der Waals surface area contributed by atoms with Crippen molar-refractivity contribution < 1.29 is 4.39 Å². The van der Waals surface area contributed by atoms with Gasteiger partial charge in [-0.15, -0.1) is 0 Å². The molecule has 2 nitrogen and oxygen atoms in total. The first-order valence-corrected chi connectivity index (χ1v) is 7.76. The van der Waals surface area contributed by atoms with E-state index < -0.39 is 0 Å². The van der Waals surface area contributed by atoms with E-state index in [1.165, 1.54) is 25.3 Å². The molecule has 0 amide bonds. The van der Waals surface area contributed by atoms with Gasteiger partial charge in [0.05, 0.1) is 0 Å². The van der Waals surface area contributed by atoms with Crippen molar-refractivity contribution in [2.75, 3.05) is 19.6 Å². The molecule has 2 rings (SSSR count). The van der Waals surface area contributed by atoms with Crippen LogP contribution in [-0.4, -0.2) is 24.5 Å². The Morgan fingerprint density at radius 1 is 1.30 bits per heavy atom. The van der Waals surface area contributed by atoms with Gasteiger partial charge in [0.1, 0.15) is 5.82 Å². The Hall–Kier alpha value is -0.930. The molecule has 0 aliphatic carbocycles. The summed E-state index contributed by atoms with van der Waals surface area (Å²) in [6, 6.07) is 6.65. The van der Waals surface area contributed by atoms with Crippen LogP contribution in [-0.2, 0) is 0 Å². The number of benzene rings is 1. The zero-order chi connectivity index (χ0) is 14.6. The minimum atomic E-state index is -0.198. The first-order valence-electron chi connectivity index (χ1n) is 7.76. The summed E-state index contributed by atoms with van der Waals surface area (Å²) in [5.41, 5.74) is 7.29. The third-order valence-corrected chi connectivity index (χ3v) is 4.98. The molecule has 1 atom stereocenters. The molecule has 2 N–H and O–H groups in total. The SMILES string of the molecule is CCC1(C)CCN(CCC(N)c2ccccc2F)CC1. The normalized spacial score (nSPS) is 20.8. The Morgan fingerprint density at radius 3 is 2.55 bits per heavy atom. The monoisotopic (exact) mass is 278 g/mol. The molecule has 0 spiro atoms. The summed E-state index contributed by atoms with van der Waals surface area (Å²) in [5, 5.41) is 0. The molecule has 112 valence electrons. The Bertz CT molecular complexity index is 425. The molecule has 1 saturated heterocycles. The summed E-state index contributed by atoms with van der Waals surface area (Å²) >= 11 is 0. The van der Waals surface area contributed by atoms with Gasteiger partial charge in [0.15, 0.2) is 0 Å². The highest BCUT2D eigenvalue weighted by Crippen LogP contribution is 2.34. The number of hydrogen-bond acceptors (Lipinski definition) is 2. The van der Waals surface area contributed by atoms with Gasteiger partial charge in [-0.1, -0.05) is 38.5 Å². The molecule has 1 aliphatic heterocycles. The summed E-state index contributed by atoms with van der Waals surface area (Å²) in [6.45, 7) is 7.93. The number of piperidine rings is 1. The summed E-state index contributed by atoms with van der Waals surface area (Å²) in [4.78, 5) is 2.47. The molecule has 1 aromatic carbocycles. The maximum atomic E-state index is 13.7. The maximum Gasteiger partial charge on any atom is 0.127 e. The van der Waals surface area contributed by atoms with E-state index in [2.05, 4.69) is 18.7 Å². The van der Waals surface area contributed by atoms with Gasteiger partial charge < -0.3 is 10.6 Å². The largest absolute Gasteiger partial charge is 0.324 e. The Morgan fingerprint density at radius 2 is 1.95 bits per heavy atom. The molecular formula is C17H27FN2. The van der Waals surface area contributed by atoms with E-state index in [-0.39, 0.29) is 11.9 Å². The van der Waals surface area contributed by atoms with E-state index in [0.717, 1.165) is 26.1 Å². The Kier molecular flexibility index (Phi) is 5.17. The van der Waals surface area contributed by atoms with Gasteiger partial charge in [-0.3, -0.25) is 0 Å². The molecule has 1 aromatic rings. The Labute approximate surface area is 122 Å². The van der Waals surface area contributed by atoms with E-state index in [0.29, 0.717) is 11.0 Å². The highest BCUT2D eigenvalue weighted by molar-refractivity contribution is 5.20. The maximum absolute atomic E-state index is 13.7. The molecule has 20 heavy (non-hydrogen) atoms. The van der Waals surface area contributed by atoms with Crippen LogP contribution in [0.2, 0.25) is 0 Å². The lowest BCUT2D eigenvalue weighted by Gasteiger charge is -2.39. The average Bonchev–Trinajstić information content (AvgIpc) is 2.47. The Balaban J connectivity index is 1.80. The van der Waals surface area contributed by atoms with Crippen LogP contribution in [0.5, 0.6) is 0 Å². The van der Waals surface area contributed by atoms with Gasteiger partial charge in [-0.05, 0) is 50.4 Å². The van der Waals surface area contributed by atoms with Crippen LogP contribution >= 0.6 is 0 Å². The van der Waals surface area contributed by atoms with E-state index in [9.17, 15) is 4.39 Å². The van der Waals surface area contributed by atoms with Crippen molar-refractivity contribution >= 4 is 0 Å². The van der Waals surface area contributed by atoms with E-state index in [1.807, 2.05) is 6.07 Å². The van der Waals surface area contributed by atoms with E-state index in [4.69, 9.17) is 5.73 Å². The van der Waals surface area contributed by atoms with Crippen molar-refractivity contribution in [2.45, 2.75) is 45.6 Å². The fourth-order valence-corrected chi connectivity index (χ4v) is 2.92. The topological polar surface area (TPSA) is 29.3 Å². The van der Waals surface area contributed by atoms with Crippen LogP contribution < -0.4 is 5.73 Å².